The minimum atomic E-state index is -4.55. The number of hydrogen-bond donors (Lipinski definition) is 1. The molecule has 0 fully saturated rings. The minimum Gasteiger partial charge on any atom is -0.480 e. The van der Waals surface area contributed by atoms with Gasteiger partial charge in [-0.1, -0.05) is 17.7 Å². The fraction of sp³-hybridized carbons (Fsp3) is 0.167. The smallest absolute Gasteiger partial charge is 0.417 e. The van der Waals surface area contributed by atoms with Gasteiger partial charge in [-0.15, -0.1) is 0 Å². The largest absolute Gasteiger partial charge is 0.480 e. The molecule has 0 aliphatic rings. The second-order valence-corrected chi connectivity index (χ2v) is 4.42. The van der Waals surface area contributed by atoms with Gasteiger partial charge in [0.1, 0.15) is 6.54 Å². The van der Waals surface area contributed by atoms with E-state index in [1.165, 1.54) is 18.5 Å². The first-order chi connectivity index (χ1) is 9.27. The summed E-state index contributed by atoms with van der Waals surface area (Å²) in [7, 11) is 0. The first-order valence-electron chi connectivity index (χ1n) is 5.39. The summed E-state index contributed by atoms with van der Waals surface area (Å²) in [6.07, 6.45) is -1.89. The average Bonchev–Trinajstić information content (AvgIpc) is 2.75. The van der Waals surface area contributed by atoms with Crippen molar-refractivity contribution in [2.24, 2.45) is 0 Å². The Balaban J connectivity index is 2.38. The molecule has 0 atom stereocenters. The lowest BCUT2D eigenvalue weighted by molar-refractivity contribution is -0.138. The zero-order chi connectivity index (χ0) is 14.9. The van der Waals surface area contributed by atoms with E-state index in [-0.39, 0.29) is 17.1 Å². The molecule has 0 unspecified atom stereocenters. The summed E-state index contributed by atoms with van der Waals surface area (Å²) in [4.78, 5) is 10.5. The van der Waals surface area contributed by atoms with Crippen LogP contribution in [0.5, 0.6) is 0 Å². The van der Waals surface area contributed by atoms with Crippen molar-refractivity contribution in [3.63, 3.8) is 0 Å². The van der Waals surface area contributed by atoms with Crippen LogP contribution in [0.1, 0.15) is 5.56 Å². The van der Waals surface area contributed by atoms with Crippen LogP contribution >= 0.6 is 11.6 Å². The van der Waals surface area contributed by atoms with Gasteiger partial charge >= 0.3 is 12.1 Å². The van der Waals surface area contributed by atoms with Gasteiger partial charge in [-0.25, -0.2) is 0 Å². The highest BCUT2D eigenvalue weighted by Gasteiger charge is 2.33. The van der Waals surface area contributed by atoms with Gasteiger partial charge in [0.05, 0.1) is 16.8 Å². The van der Waals surface area contributed by atoms with Crippen LogP contribution < -0.4 is 0 Å². The monoisotopic (exact) mass is 304 g/mol. The first kappa shape index (κ1) is 14.4. The Morgan fingerprint density at radius 1 is 1.35 bits per heavy atom. The summed E-state index contributed by atoms with van der Waals surface area (Å²) in [6, 6.07) is 3.47. The van der Waals surface area contributed by atoms with Gasteiger partial charge in [-0.05, 0) is 17.7 Å². The lowest BCUT2D eigenvalue weighted by atomic mass is 10.1. The van der Waals surface area contributed by atoms with E-state index in [2.05, 4.69) is 5.10 Å². The highest BCUT2D eigenvalue weighted by molar-refractivity contribution is 6.31. The van der Waals surface area contributed by atoms with Crippen molar-refractivity contribution in [1.82, 2.24) is 9.78 Å². The van der Waals surface area contributed by atoms with Gasteiger partial charge in [0.2, 0.25) is 0 Å². The number of aliphatic carboxylic acids is 1. The molecule has 1 aromatic heterocycles. The third-order valence-corrected chi connectivity index (χ3v) is 2.87. The van der Waals surface area contributed by atoms with Crippen LogP contribution in [0.3, 0.4) is 0 Å². The van der Waals surface area contributed by atoms with E-state index < -0.39 is 17.7 Å². The molecule has 0 bridgehead atoms. The minimum absolute atomic E-state index is 0.262. The predicted molar refractivity (Wildman–Crippen MR) is 65.3 cm³/mol. The molecule has 0 aliphatic heterocycles. The molecule has 20 heavy (non-hydrogen) atoms. The Kier molecular flexibility index (Phi) is 3.71. The van der Waals surface area contributed by atoms with Crippen LogP contribution in [0, 0.1) is 0 Å². The molecule has 4 nitrogen and oxygen atoms in total. The van der Waals surface area contributed by atoms with E-state index in [1.54, 1.807) is 0 Å². The Labute approximate surface area is 116 Å². The molecule has 1 N–H and O–H groups in total. The lowest BCUT2D eigenvalue weighted by Gasteiger charge is -2.10. The summed E-state index contributed by atoms with van der Waals surface area (Å²) in [5, 5.41) is 12.0. The Morgan fingerprint density at radius 3 is 2.65 bits per heavy atom. The fourth-order valence-corrected chi connectivity index (χ4v) is 1.88. The van der Waals surface area contributed by atoms with Gasteiger partial charge in [-0.3, -0.25) is 9.48 Å². The molecule has 0 saturated heterocycles. The predicted octanol–water partition coefficient (Wildman–Crippen LogP) is 3.31. The molecule has 2 rings (SSSR count). The summed E-state index contributed by atoms with van der Waals surface area (Å²) in [6.45, 7) is -0.361. The molecule has 2 aromatic rings. The van der Waals surface area contributed by atoms with Crippen LogP contribution in [0.2, 0.25) is 5.02 Å². The molecular weight excluding hydrogens is 297 g/mol. The maximum Gasteiger partial charge on any atom is 0.417 e. The topological polar surface area (TPSA) is 55.1 Å². The van der Waals surface area contributed by atoms with Crippen LogP contribution in [0.4, 0.5) is 13.2 Å². The number of rotatable bonds is 3. The number of halogens is 4. The second-order valence-electron chi connectivity index (χ2n) is 4.01. The number of carboxylic acids is 1. The normalized spacial score (nSPS) is 11.6. The lowest BCUT2D eigenvalue weighted by Crippen LogP contribution is -2.08. The van der Waals surface area contributed by atoms with E-state index in [9.17, 15) is 18.0 Å². The molecule has 1 aromatic carbocycles. The van der Waals surface area contributed by atoms with Crippen molar-refractivity contribution in [3.8, 4) is 11.1 Å². The Hall–Kier alpha value is -2.02. The first-order valence-corrected chi connectivity index (χ1v) is 5.76. The van der Waals surface area contributed by atoms with Crippen molar-refractivity contribution in [2.75, 3.05) is 0 Å². The van der Waals surface area contributed by atoms with E-state index in [1.807, 2.05) is 0 Å². The van der Waals surface area contributed by atoms with Crippen molar-refractivity contribution in [2.45, 2.75) is 12.7 Å². The van der Waals surface area contributed by atoms with Gasteiger partial charge in [0.15, 0.2) is 0 Å². The quantitative estimate of drug-likeness (QED) is 0.946. The maximum absolute atomic E-state index is 12.7. The highest BCUT2D eigenvalue weighted by atomic mass is 35.5. The SMILES string of the molecule is O=C(O)Cn1cc(-c2ccc(Cl)c(C(F)(F)F)c2)cn1. The van der Waals surface area contributed by atoms with Crippen molar-refractivity contribution in [1.29, 1.82) is 0 Å². The fourth-order valence-electron chi connectivity index (χ4n) is 1.66. The number of carbonyl (C=O) groups is 1. The Bertz CT molecular complexity index is 652. The van der Waals surface area contributed by atoms with Crippen LogP contribution in [-0.2, 0) is 17.5 Å². The summed E-state index contributed by atoms with van der Waals surface area (Å²) in [5.41, 5.74) is -0.297. The molecule has 0 radical (unpaired) electrons. The standard InChI is InChI=1S/C12H8ClF3N2O2/c13-10-2-1-7(3-9(10)12(14,15)16)8-4-17-18(5-8)6-11(19)20/h1-5H,6H2,(H,19,20). The summed E-state index contributed by atoms with van der Waals surface area (Å²) >= 11 is 5.52. The van der Waals surface area contributed by atoms with Gasteiger partial charge in [-0.2, -0.15) is 18.3 Å². The van der Waals surface area contributed by atoms with Crippen LogP contribution in [0.15, 0.2) is 30.6 Å². The zero-order valence-corrected chi connectivity index (χ0v) is 10.6. The number of hydrogen-bond acceptors (Lipinski definition) is 2. The van der Waals surface area contributed by atoms with Crippen molar-refractivity contribution >= 4 is 17.6 Å². The van der Waals surface area contributed by atoms with Crippen molar-refractivity contribution in [3.05, 3.63) is 41.2 Å². The van der Waals surface area contributed by atoms with Crippen molar-refractivity contribution < 1.29 is 23.1 Å². The van der Waals surface area contributed by atoms with E-state index >= 15 is 0 Å². The van der Waals surface area contributed by atoms with E-state index in [0.29, 0.717) is 5.56 Å². The summed E-state index contributed by atoms with van der Waals surface area (Å²) in [5.74, 6) is -1.09. The van der Waals surface area contributed by atoms with Gasteiger partial charge < -0.3 is 5.11 Å². The maximum atomic E-state index is 12.7. The molecule has 8 heteroatoms. The number of benzene rings is 1. The third-order valence-electron chi connectivity index (χ3n) is 2.54. The van der Waals surface area contributed by atoms with E-state index in [0.717, 1.165) is 16.8 Å². The molecule has 0 saturated carbocycles. The molecule has 106 valence electrons. The highest BCUT2D eigenvalue weighted by Crippen LogP contribution is 2.37. The molecule has 0 amide bonds. The van der Waals surface area contributed by atoms with Crippen LogP contribution in [-0.4, -0.2) is 20.9 Å². The van der Waals surface area contributed by atoms with Gasteiger partial charge in [0.25, 0.3) is 0 Å². The van der Waals surface area contributed by atoms with Crippen LogP contribution in [0.25, 0.3) is 11.1 Å². The number of nitrogens with zero attached hydrogens (tertiary/aromatic N) is 2. The number of alkyl halides is 3. The number of carboxylic acid groups (broad SMARTS) is 1. The summed E-state index contributed by atoms with van der Waals surface area (Å²) < 4.78 is 39.3. The third kappa shape index (κ3) is 3.11. The number of aromatic nitrogens is 2. The van der Waals surface area contributed by atoms with Gasteiger partial charge in [0, 0.05) is 11.8 Å². The molecular formula is C12H8ClF3N2O2. The van der Waals surface area contributed by atoms with E-state index in [4.69, 9.17) is 16.7 Å². The second kappa shape index (κ2) is 5.16. The zero-order valence-electron chi connectivity index (χ0n) is 9.86. The molecule has 1 heterocycles. The molecule has 0 spiro atoms. The average molecular weight is 305 g/mol. The molecule has 0 aliphatic carbocycles. The Morgan fingerprint density at radius 2 is 2.05 bits per heavy atom.